The molecule has 0 unspecified atom stereocenters. The van der Waals surface area contributed by atoms with Gasteiger partial charge in [-0.3, -0.25) is 4.98 Å². The summed E-state index contributed by atoms with van der Waals surface area (Å²) in [5.41, 5.74) is 2.09. The summed E-state index contributed by atoms with van der Waals surface area (Å²) in [5, 5.41) is 3.19. The third-order valence-corrected chi connectivity index (χ3v) is 3.25. The van der Waals surface area contributed by atoms with E-state index in [2.05, 4.69) is 10.3 Å². The van der Waals surface area contributed by atoms with Crippen molar-refractivity contribution in [3.8, 4) is 11.1 Å². The first kappa shape index (κ1) is 12.0. The molecule has 98 valence electrons. The van der Waals surface area contributed by atoms with Crippen LogP contribution in [0, 0.1) is 0 Å². The van der Waals surface area contributed by atoms with E-state index >= 15 is 0 Å². The molecule has 1 aromatic heterocycles. The lowest BCUT2D eigenvalue weighted by Gasteiger charge is -2.13. The van der Waals surface area contributed by atoms with Gasteiger partial charge in [-0.25, -0.2) is 0 Å². The van der Waals surface area contributed by atoms with Crippen LogP contribution in [0.25, 0.3) is 11.1 Å². The molecule has 5 heteroatoms. The maximum Gasteiger partial charge on any atom is 0.417 e. The second-order valence-corrected chi connectivity index (χ2v) is 4.47. The number of fused-ring (bicyclic) bond motifs is 1. The molecule has 0 radical (unpaired) electrons. The van der Waals surface area contributed by atoms with Gasteiger partial charge in [0.2, 0.25) is 0 Å². The summed E-state index contributed by atoms with van der Waals surface area (Å²) in [6.45, 7) is 0.831. The van der Waals surface area contributed by atoms with Gasteiger partial charge in [-0.05, 0) is 35.7 Å². The van der Waals surface area contributed by atoms with Gasteiger partial charge in [0.05, 0.1) is 5.56 Å². The third kappa shape index (κ3) is 2.16. The van der Waals surface area contributed by atoms with Crippen LogP contribution < -0.4 is 5.32 Å². The normalized spacial score (nSPS) is 14.1. The van der Waals surface area contributed by atoms with Gasteiger partial charge in [0, 0.05) is 30.2 Å². The van der Waals surface area contributed by atoms with Crippen LogP contribution in [0.1, 0.15) is 11.1 Å². The molecule has 0 amide bonds. The first-order valence-electron chi connectivity index (χ1n) is 5.94. The Morgan fingerprint density at radius 1 is 1.16 bits per heavy atom. The standard InChI is InChI=1S/C14H11F3N2/c15-14(16,17)12-4-5-18-8-11(12)9-1-2-13-10(7-9)3-6-19-13/h1-2,4-5,7-8,19H,3,6H2. The zero-order valence-corrected chi connectivity index (χ0v) is 9.96. The highest BCUT2D eigenvalue weighted by Gasteiger charge is 2.33. The second-order valence-electron chi connectivity index (χ2n) is 4.47. The Morgan fingerprint density at radius 2 is 2.00 bits per heavy atom. The van der Waals surface area contributed by atoms with Crippen LogP contribution in [0.2, 0.25) is 0 Å². The van der Waals surface area contributed by atoms with Crippen LogP contribution in [0.3, 0.4) is 0 Å². The molecule has 0 saturated heterocycles. The Morgan fingerprint density at radius 3 is 2.79 bits per heavy atom. The predicted octanol–water partition coefficient (Wildman–Crippen LogP) is 3.74. The van der Waals surface area contributed by atoms with Crippen LogP contribution in [0.4, 0.5) is 18.9 Å². The summed E-state index contributed by atoms with van der Waals surface area (Å²) in [4.78, 5) is 3.81. The minimum absolute atomic E-state index is 0.129. The van der Waals surface area contributed by atoms with Gasteiger partial charge in [-0.1, -0.05) is 6.07 Å². The molecule has 2 aromatic rings. The number of nitrogens with zero attached hydrogens (tertiary/aromatic N) is 1. The second kappa shape index (κ2) is 4.26. The average Bonchev–Trinajstić information content (AvgIpc) is 2.85. The number of anilines is 1. The number of benzene rings is 1. The van der Waals surface area contributed by atoms with Crippen LogP contribution in [-0.4, -0.2) is 11.5 Å². The highest BCUT2D eigenvalue weighted by Crippen LogP contribution is 2.37. The molecular formula is C14H11F3N2. The number of alkyl halides is 3. The first-order chi connectivity index (χ1) is 9.05. The zero-order valence-electron chi connectivity index (χ0n) is 9.96. The van der Waals surface area contributed by atoms with Crippen LogP contribution in [0.15, 0.2) is 36.7 Å². The smallest absolute Gasteiger partial charge is 0.384 e. The molecule has 0 fully saturated rings. The summed E-state index contributed by atoms with van der Waals surface area (Å²) in [6, 6.07) is 6.34. The van der Waals surface area contributed by atoms with E-state index in [0.717, 1.165) is 30.3 Å². The predicted molar refractivity (Wildman–Crippen MR) is 66.9 cm³/mol. The molecule has 1 N–H and O–H groups in total. The Kier molecular flexibility index (Phi) is 2.69. The molecule has 0 bridgehead atoms. The van der Waals surface area contributed by atoms with E-state index in [0.29, 0.717) is 5.56 Å². The molecule has 3 rings (SSSR count). The minimum atomic E-state index is -4.37. The summed E-state index contributed by atoms with van der Waals surface area (Å²) in [5.74, 6) is 0. The molecular weight excluding hydrogens is 253 g/mol. The monoisotopic (exact) mass is 264 g/mol. The van der Waals surface area contributed by atoms with Gasteiger partial charge in [0.1, 0.15) is 0 Å². The lowest BCUT2D eigenvalue weighted by molar-refractivity contribution is -0.137. The van der Waals surface area contributed by atoms with E-state index in [4.69, 9.17) is 0 Å². The minimum Gasteiger partial charge on any atom is -0.384 e. The Labute approximate surface area is 108 Å². The number of rotatable bonds is 1. The van der Waals surface area contributed by atoms with Gasteiger partial charge in [0.25, 0.3) is 0 Å². The number of nitrogens with one attached hydrogen (secondary N) is 1. The van der Waals surface area contributed by atoms with Crippen molar-refractivity contribution in [1.82, 2.24) is 4.98 Å². The van der Waals surface area contributed by atoms with Gasteiger partial charge < -0.3 is 5.32 Å². The molecule has 1 aromatic carbocycles. The highest BCUT2D eigenvalue weighted by atomic mass is 19.4. The van der Waals surface area contributed by atoms with E-state index in [1.165, 1.54) is 12.4 Å². The molecule has 1 aliphatic heterocycles. The lowest BCUT2D eigenvalue weighted by atomic mass is 9.99. The third-order valence-electron chi connectivity index (χ3n) is 3.25. The Bertz CT molecular complexity index is 620. The van der Waals surface area contributed by atoms with E-state index in [9.17, 15) is 13.2 Å². The van der Waals surface area contributed by atoms with Crippen molar-refractivity contribution in [1.29, 1.82) is 0 Å². The number of halogens is 3. The fourth-order valence-corrected chi connectivity index (χ4v) is 2.34. The van der Waals surface area contributed by atoms with E-state index < -0.39 is 11.7 Å². The van der Waals surface area contributed by atoms with E-state index in [1.54, 1.807) is 6.07 Å². The quantitative estimate of drug-likeness (QED) is 0.848. The van der Waals surface area contributed by atoms with Crippen molar-refractivity contribution in [3.05, 3.63) is 47.8 Å². The average molecular weight is 264 g/mol. The van der Waals surface area contributed by atoms with Crippen LogP contribution in [0.5, 0.6) is 0 Å². The number of hydrogen-bond donors (Lipinski definition) is 1. The molecule has 1 aliphatic rings. The largest absolute Gasteiger partial charge is 0.417 e. The fourth-order valence-electron chi connectivity index (χ4n) is 2.34. The van der Waals surface area contributed by atoms with Gasteiger partial charge in [-0.15, -0.1) is 0 Å². The van der Waals surface area contributed by atoms with Crippen molar-refractivity contribution < 1.29 is 13.2 Å². The van der Waals surface area contributed by atoms with Crippen LogP contribution >= 0.6 is 0 Å². The van der Waals surface area contributed by atoms with E-state index in [-0.39, 0.29) is 5.56 Å². The maximum atomic E-state index is 13.0. The molecule has 19 heavy (non-hydrogen) atoms. The molecule has 0 aliphatic carbocycles. The summed E-state index contributed by atoms with van der Waals surface area (Å²) in [6.07, 6.45) is -1.09. The Hall–Kier alpha value is -2.04. The van der Waals surface area contributed by atoms with Crippen molar-refractivity contribution in [2.75, 3.05) is 11.9 Å². The molecule has 2 heterocycles. The van der Waals surface area contributed by atoms with Gasteiger partial charge >= 0.3 is 6.18 Å². The molecule has 0 spiro atoms. The van der Waals surface area contributed by atoms with Crippen molar-refractivity contribution in [2.24, 2.45) is 0 Å². The van der Waals surface area contributed by atoms with Gasteiger partial charge in [0.15, 0.2) is 0 Å². The fraction of sp³-hybridized carbons (Fsp3) is 0.214. The number of aromatic nitrogens is 1. The maximum absolute atomic E-state index is 13.0. The van der Waals surface area contributed by atoms with Crippen molar-refractivity contribution in [2.45, 2.75) is 12.6 Å². The molecule has 0 atom stereocenters. The van der Waals surface area contributed by atoms with Crippen molar-refractivity contribution >= 4 is 5.69 Å². The SMILES string of the molecule is FC(F)(F)c1ccncc1-c1ccc2c(c1)CCN2. The molecule has 2 nitrogen and oxygen atoms in total. The summed E-state index contributed by atoms with van der Waals surface area (Å²) >= 11 is 0. The number of hydrogen-bond acceptors (Lipinski definition) is 2. The van der Waals surface area contributed by atoms with Crippen LogP contribution in [-0.2, 0) is 12.6 Å². The topological polar surface area (TPSA) is 24.9 Å². The number of pyridine rings is 1. The lowest BCUT2D eigenvalue weighted by Crippen LogP contribution is -2.07. The molecule has 0 saturated carbocycles. The first-order valence-corrected chi connectivity index (χ1v) is 5.94. The van der Waals surface area contributed by atoms with E-state index in [1.807, 2.05) is 12.1 Å². The van der Waals surface area contributed by atoms with Crippen molar-refractivity contribution in [3.63, 3.8) is 0 Å². The highest BCUT2D eigenvalue weighted by molar-refractivity contribution is 5.72. The summed E-state index contributed by atoms with van der Waals surface area (Å²) < 4.78 is 38.9. The summed E-state index contributed by atoms with van der Waals surface area (Å²) in [7, 11) is 0. The zero-order chi connectivity index (χ0) is 13.5. The van der Waals surface area contributed by atoms with Gasteiger partial charge in [-0.2, -0.15) is 13.2 Å². The Balaban J connectivity index is 2.12.